The van der Waals surface area contributed by atoms with Crippen LogP contribution in [0.4, 0.5) is 17.6 Å². The first-order valence-electron chi connectivity index (χ1n) is 7.86. The first-order valence-corrected chi connectivity index (χ1v) is 8.65. The molecule has 28 heavy (non-hydrogen) atoms. The van der Waals surface area contributed by atoms with E-state index in [2.05, 4.69) is 26.3 Å². The maximum absolute atomic E-state index is 13.5. The van der Waals surface area contributed by atoms with Crippen molar-refractivity contribution in [2.24, 2.45) is 0 Å². The Kier molecular flexibility index (Phi) is 6.02. The van der Waals surface area contributed by atoms with Crippen molar-refractivity contribution in [3.8, 4) is 5.75 Å². The molecule has 11 heteroatoms. The van der Waals surface area contributed by atoms with Gasteiger partial charge < -0.3 is 14.5 Å². The number of ether oxygens (including phenoxy) is 1. The number of furan rings is 1. The lowest BCUT2D eigenvalue weighted by atomic mass is 10.3. The van der Waals surface area contributed by atoms with Gasteiger partial charge in [-0.25, -0.2) is 8.78 Å². The lowest BCUT2D eigenvalue weighted by Gasteiger charge is -2.08. The molecule has 0 saturated heterocycles. The minimum Gasteiger partial charge on any atom is -0.479 e. The summed E-state index contributed by atoms with van der Waals surface area (Å²) in [5.41, 5.74) is 0. The minimum atomic E-state index is -1.66. The Balaban J connectivity index is 1.56. The summed E-state index contributed by atoms with van der Waals surface area (Å²) in [5.74, 6) is -8.24. The van der Waals surface area contributed by atoms with Crippen LogP contribution in [0.15, 0.2) is 39.5 Å². The second kappa shape index (κ2) is 8.46. The van der Waals surface area contributed by atoms with Gasteiger partial charge in [0.05, 0.1) is 17.2 Å². The van der Waals surface area contributed by atoms with E-state index >= 15 is 0 Å². The normalized spacial score (nSPS) is 10.9. The first kappa shape index (κ1) is 19.9. The van der Waals surface area contributed by atoms with Crippen LogP contribution in [0.5, 0.6) is 5.75 Å². The Bertz CT molecular complexity index is 979. The second-order valence-corrected chi connectivity index (χ2v) is 6.45. The molecule has 0 fully saturated rings. The molecule has 1 amide bonds. The van der Waals surface area contributed by atoms with Gasteiger partial charge in [0, 0.05) is 18.8 Å². The van der Waals surface area contributed by atoms with Crippen molar-refractivity contribution < 1.29 is 31.5 Å². The summed E-state index contributed by atoms with van der Waals surface area (Å²) >= 11 is 3.25. The molecule has 0 spiro atoms. The highest BCUT2D eigenvalue weighted by molar-refractivity contribution is 9.10. The average molecular weight is 462 g/mol. The van der Waals surface area contributed by atoms with E-state index in [1.165, 1.54) is 12.1 Å². The van der Waals surface area contributed by atoms with E-state index in [1.54, 1.807) is 17.1 Å². The van der Waals surface area contributed by atoms with Crippen molar-refractivity contribution in [2.45, 2.75) is 13.2 Å². The molecule has 2 heterocycles. The van der Waals surface area contributed by atoms with Crippen LogP contribution in [0, 0.1) is 23.3 Å². The maximum atomic E-state index is 13.5. The van der Waals surface area contributed by atoms with E-state index in [4.69, 9.17) is 9.15 Å². The molecule has 0 aliphatic heterocycles. The molecule has 1 aromatic carbocycles. The SMILES string of the molecule is O=C(NCCn1cc(Br)cn1)c1ccc(COc2c(F)c(F)cc(F)c2F)o1. The number of hydrogen-bond acceptors (Lipinski definition) is 4. The molecule has 2 aromatic heterocycles. The quantitative estimate of drug-likeness (QED) is 0.429. The van der Waals surface area contributed by atoms with Crippen LogP contribution in [-0.4, -0.2) is 22.2 Å². The van der Waals surface area contributed by atoms with Crippen molar-refractivity contribution in [3.63, 3.8) is 0 Å². The van der Waals surface area contributed by atoms with E-state index in [0.717, 1.165) is 4.47 Å². The third-order valence-corrected chi connectivity index (χ3v) is 3.95. The topological polar surface area (TPSA) is 69.3 Å². The molecule has 0 atom stereocenters. The molecule has 0 radical (unpaired) electrons. The lowest BCUT2D eigenvalue weighted by molar-refractivity contribution is 0.0919. The third-order valence-electron chi connectivity index (χ3n) is 3.54. The predicted octanol–water partition coefficient (Wildman–Crippen LogP) is 3.80. The zero-order valence-corrected chi connectivity index (χ0v) is 15.6. The Labute approximate surface area is 164 Å². The Morgan fingerprint density at radius 3 is 2.57 bits per heavy atom. The smallest absolute Gasteiger partial charge is 0.287 e. The third kappa shape index (κ3) is 4.53. The van der Waals surface area contributed by atoms with Gasteiger partial charge in [-0.05, 0) is 28.1 Å². The zero-order valence-electron chi connectivity index (χ0n) is 14.0. The number of rotatable bonds is 7. The van der Waals surface area contributed by atoms with Crippen LogP contribution in [0.3, 0.4) is 0 Å². The average Bonchev–Trinajstić information content (AvgIpc) is 3.29. The number of halogens is 5. The van der Waals surface area contributed by atoms with Crippen LogP contribution < -0.4 is 10.1 Å². The van der Waals surface area contributed by atoms with Crippen molar-refractivity contribution in [1.29, 1.82) is 0 Å². The van der Waals surface area contributed by atoms with Crippen molar-refractivity contribution in [3.05, 3.63) is 69.9 Å². The van der Waals surface area contributed by atoms with Gasteiger partial charge in [0.1, 0.15) is 12.4 Å². The summed E-state index contributed by atoms with van der Waals surface area (Å²) in [6.07, 6.45) is 3.35. The Hall–Kier alpha value is -2.82. The fraction of sp³-hybridized carbons (Fsp3) is 0.176. The van der Waals surface area contributed by atoms with Gasteiger partial charge in [0.2, 0.25) is 11.6 Å². The number of carbonyl (C=O) groups excluding carboxylic acids is 1. The number of aromatic nitrogens is 2. The molecule has 148 valence electrons. The highest BCUT2D eigenvalue weighted by Gasteiger charge is 2.21. The minimum absolute atomic E-state index is 0.0321. The van der Waals surface area contributed by atoms with Gasteiger partial charge in [-0.3, -0.25) is 9.48 Å². The molecule has 1 N–H and O–H groups in total. The standard InChI is InChI=1S/C17H12BrF4N3O3/c18-9-6-24-25(7-9)4-3-23-17(26)13-2-1-10(28-13)8-27-16-14(21)11(19)5-12(20)15(16)22/h1-2,5-7H,3-4,8H2,(H,23,26). The highest BCUT2D eigenvalue weighted by atomic mass is 79.9. The molecule has 3 aromatic rings. The van der Waals surface area contributed by atoms with Gasteiger partial charge in [-0.15, -0.1) is 0 Å². The van der Waals surface area contributed by atoms with E-state index in [0.29, 0.717) is 6.54 Å². The summed E-state index contributed by atoms with van der Waals surface area (Å²) in [4.78, 5) is 12.0. The Morgan fingerprint density at radius 2 is 1.93 bits per heavy atom. The fourth-order valence-electron chi connectivity index (χ4n) is 2.23. The summed E-state index contributed by atoms with van der Waals surface area (Å²) in [6.45, 7) is 0.168. The Morgan fingerprint density at radius 1 is 1.21 bits per heavy atom. The molecule has 3 rings (SSSR count). The molecule has 0 unspecified atom stereocenters. The molecule has 0 saturated carbocycles. The molecular weight excluding hydrogens is 450 g/mol. The number of nitrogens with one attached hydrogen (secondary N) is 1. The van der Waals surface area contributed by atoms with Crippen LogP contribution >= 0.6 is 15.9 Å². The van der Waals surface area contributed by atoms with Crippen molar-refractivity contribution >= 4 is 21.8 Å². The van der Waals surface area contributed by atoms with Gasteiger partial charge in [0.15, 0.2) is 23.1 Å². The van der Waals surface area contributed by atoms with Crippen molar-refractivity contribution in [1.82, 2.24) is 15.1 Å². The van der Waals surface area contributed by atoms with E-state index in [9.17, 15) is 22.4 Å². The van der Waals surface area contributed by atoms with Gasteiger partial charge >= 0.3 is 0 Å². The summed E-state index contributed by atoms with van der Waals surface area (Å²) in [7, 11) is 0. The molecule has 0 bridgehead atoms. The first-order chi connectivity index (χ1) is 13.3. The summed E-state index contributed by atoms with van der Waals surface area (Å²) in [5, 5.41) is 6.64. The monoisotopic (exact) mass is 461 g/mol. The number of hydrogen-bond donors (Lipinski definition) is 1. The molecule has 0 aliphatic carbocycles. The number of carbonyl (C=O) groups is 1. The number of benzene rings is 1. The summed E-state index contributed by atoms with van der Waals surface area (Å²) < 4.78 is 65.8. The lowest BCUT2D eigenvalue weighted by Crippen LogP contribution is -2.27. The van der Waals surface area contributed by atoms with Gasteiger partial charge in [0.25, 0.3) is 5.91 Å². The van der Waals surface area contributed by atoms with Crippen LogP contribution in [0.25, 0.3) is 0 Å². The molecule has 0 aliphatic rings. The van der Waals surface area contributed by atoms with E-state index in [1.807, 2.05) is 0 Å². The van der Waals surface area contributed by atoms with Crippen molar-refractivity contribution in [2.75, 3.05) is 6.54 Å². The number of nitrogens with zero attached hydrogens (tertiary/aromatic N) is 2. The fourth-order valence-corrected chi connectivity index (χ4v) is 2.56. The predicted molar refractivity (Wildman–Crippen MR) is 91.6 cm³/mol. The second-order valence-electron chi connectivity index (χ2n) is 5.53. The number of amides is 1. The maximum Gasteiger partial charge on any atom is 0.287 e. The molecule has 6 nitrogen and oxygen atoms in total. The summed E-state index contributed by atoms with van der Waals surface area (Å²) in [6, 6.07) is 2.75. The van der Waals surface area contributed by atoms with Crippen LogP contribution in [-0.2, 0) is 13.2 Å². The van der Waals surface area contributed by atoms with Gasteiger partial charge in [-0.1, -0.05) is 0 Å². The highest BCUT2D eigenvalue weighted by Crippen LogP contribution is 2.27. The van der Waals surface area contributed by atoms with E-state index < -0.39 is 41.5 Å². The van der Waals surface area contributed by atoms with Crippen LogP contribution in [0.1, 0.15) is 16.3 Å². The van der Waals surface area contributed by atoms with E-state index in [-0.39, 0.29) is 24.1 Å². The van der Waals surface area contributed by atoms with Gasteiger partial charge in [-0.2, -0.15) is 13.9 Å². The van der Waals surface area contributed by atoms with Crippen LogP contribution in [0.2, 0.25) is 0 Å². The zero-order chi connectivity index (χ0) is 20.3. The largest absolute Gasteiger partial charge is 0.479 e. The molecular formula is C17H12BrF4N3O3.